The molecular formula is C15H20F3N3O. The van der Waals surface area contributed by atoms with Crippen LogP contribution in [-0.4, -0.2) is 37.0 Å². The van der Waals surface area contributed by atoms with Gasteiger partial charge < -0.3 is 10.6 Å². The molecule has 7 heteroatoms. The van der Waals surface area contributed by atoms with E-state index in [0.717, 1.165) is 32.2 Å². The summed E-state index contributed by atoms with van der Waals surface area (Å²) in [6, 6.07) is 4.00. The molecule has 1 aliphatic rings. The number of nitrogens with one attached hydrogen (secondary N) is 2. The van der Waals surface area contributed by atoms with Gasteiger partial charge in [0, 0.05) is 44.8 Å². The summed E-state index contributed by atoms with van der Waals surface area (Å²) >= 11 is 0. The summed E-state index contributed by atoms with van der Waals surface area (Å²) < 4.78 is 39.8. The number of carbonyl (C=O) groups excluding carboxylic acids is 1. The molecule has 2 rings (SSSR count). The number of piperazine rings is 1. The molecule has 1 heterocycles. The zero-order valence-corrected chi connectivity index (χ0v) is 12.5. The SMILES string of the molecule is CCC(=O)Nc1ccc(CN2CCNCC2)c(C(F)(F)F)c1. The lowest BCUT2D eigenvalue weighted by Gasteiger charge is -2.28. The maximum Gasteiger partial charge on any atom is 0.416 e. The van der Waals surface area contributed by atoms with Crippen molar-refractivity contribution in [2.24, 2.45) is 0 Å². The molecule has 1 aromatic rings. The normalized spacial score (nSPS) is 16.5. The standard InChI is InChI=1S/C15H20F3N3O/c1-2-14(22)20-12-4-3-11(13(9-12)15(16,17)18)10-21-7-5-19-6-8-21/h3-4,9,19H,2,5-8,10H2,1H3,(H,20,22). The van der Waals surface area contributed by atoms with Gasteiger partial charge in [-0.2, -0.15) is 13.2 Å². The van der Waals surface area contributed by atoms with E-state index in [-0.39, 0.29) is 30.1 Å². The zero-order chi connectivity index (χ0) is 16.2. The fourth-order valence-electron chi connectivity index (χ4n) is 2.42. The molecule has 0 bridgehead atoms. The topological polar surface area (TPSA) is 44.4 Å². The van der Waals surface area contributed by atoms with Gasteiger partial charge in [0.15, 0.2) is 0 Å². The van der Waals surface area contributed by atoms with E-state index in [2.05, 4.69) is 10.6 Å². The van der Waals surface area contributed by atoms with Gasteiger partial charge in [-0.25, -0.2) is 0 Å². The Hall–Kier alpha value is -1.60. The number of alkyl halides is 3. The molecule has 1 fully saturated rings. The highest BCUT2D eigenvalue weighted by Gasteiger charge is 2.34. The van der Waals surface area contributed by atoms with Crippen molar-refractivity contribution in [3.8, 4) is 0 Å². The smallest absolute Gasteiger partial charge is 0.326 e. The molecule has 0 aliphatic carbocycles. The zero-order valence-electron chi connectivity index (χ0n) is 12.5. The molecule has 1 aromatic carbocycles. The van der Waals surface area contributed by atoms with Crippen molar-refractivity contribution in [1.82, 2.24) is 10.2 Å². The first-order valence-electron chi connectivity index (χ1n) is 7.33. The minimum absolute atomic E-state index is 0.184. The van der Waals surface area contributed by atoms with Crippen LogP contribution in [0.5, 0.6) is 0 Å². The number of anilines is 1. The first kappa shape index (κ1) is 16.8. The molecule has 1 amide bonds. The molecule has 0 radical (unpaired) electrons. The first-order chi connectivity index (χ1) is 10.4. The number of amides is 1. The molecule has 0 spiro atoms. The number of nitrogens with zero attached hydrogens (tertiary/aromatic N) is 1. The summed E-state index contributed by atoms with van der Waals surface area (Å²) in [6.07, 6.45) is -4.21. The van der Waals surface area contributed by atoms with Crippen LogP contribution in [0.2, 0.25) is 0 Å². The number of carbonyl (C=O) groups is 1. The Morgan fingerprint density at radius 1 is 1.32 bits per heavy atom. The Morgan fingerprint density at radius 2 is 2.00 bits per heavy atom. The third-order valence-electron chi connectivity index (χ3n) is 3.62. The second-order valence-electron chi connectivity index (χ2n) is 5.30. The average molecular weight is 315 g/mol. The second kappa shape index (κ2) is 7.11. The van der Waals surface area contributed by atoms with Gasteiger partial charge in [0.2, 0.25) is 5.91 Å². The lowest BCUT2D eigenvalue weighted by molar-refractivity contribution is -0.138. The van der Waals surface area contributed by atoms with Gasteiger partial charge in [-0.3, -0.25) is 9.69 Å². The van der Waals surface area contributed by atoms with Crippen molar-refractivity contribution in [3.05, 3.63) is 29.3 Å². The van der Waals surface area contributed by atoms with E-state index in [9.17, 15) is 18.0 Å². The lowest BCUT2D eigenvalue weighted by Crippen LogP contribution is -2.43. The molecule has 0 aromatic heterocycles. The quantitative estimate of drug-likeness (QED) is 0.897. The summed E-state index contributed by atoms with van der Waals surface area (Å²) in [4.78, 5) is 13.3. The number of hydrogen-bond acceptors (Lipinski definition) is 3. The van der Waals surface area contributed by atoms with Gasteiger partial charge in [-0.1, -0.05) is 13.0 Å². The third kappa shape index (κ3) is 4.45. The monoisotopic (exact) mass is 315 g/mol. The van der Waals surface area contributed by atoms with Crippen LogP contribution in [0.4, 0.5) is 18.9 Å². The highest BCUT2D eigenvalue weighted by atomic mass is 19.4. The maximum atomic E-state index is 13.3. The minimum atomic E-state index is -4.43. The Balaban J connectivity index is 2.22. The van der Waals surface area contributed by atoms with Crippen molar-refractivity contribution in [2.75, 3.05) is 31.5 Å². The van der Waals surface area contributed by atoms with Crippen LogP contribution in [0.25, 0.3) is 0 Å². The molecule has 1 saturated heterocycles. The van der Waals surface area contributed by atoms with E-state index in [4.69, 9.17) is 0 Å². The van der Waals surface area contributed by atoms with Gasteiger partial charge in [-0.15, -0.1) is 0 Å². The van der Waals surface area contributed by atoms with E-state index >= 15 is 0 Å². The third-order valence-corrected chi connectivity index (χ3v) is 3.62. The van der Waals surface area contributed by atoms with Crippen molar-refractivity contribution >= 4 is 11.6 Å². The molecule has 0 atom stereocenters. The van der Waals surface area contributed by atoms with E-state index in [1.807, 2.05) is 4.90 Å². The number of halogens is 3. The minimum Gasteiger partial charge on any atom is -0.326 e. The van der Waals surface area contributed by atoms with Crippen molar-refractivity contribution < 1.29 is 18.0 Å². The number of hydrogen-bond donors (Lipinski definition) is 2. The van der Waals surface area contributed by atoms with Crippen LogP contribution < -0.4 is 10.6 Å². The molecule has 22 heavy (non-hydrogen) atoms. The van der Waals surface area contributed by atoms with Crippen LogP contribution in [0.1, 0.15) is 24.5 Å². The molecule has 0 saturated carbocycles. The van der Waals surface area contributed by atoms with Crippen molar-refractivity contribution in [3.63, 3.8) is 0 Å². The maximum absolute atomic E-state index is 13.3. The molecular weight excluding hydrogens is 295 g/mol. The Kier molecular flexibility index (Phi) is 5.42. The van der Waals surface area contributed by atoms with Crippen LogP contribution in [0.15, 0.2) is 18.2 Å². The van der Waals surface area contributed by atoms with E-state index < -0.39 is 11.7 Å². The van der Waals surface area contributed by atoms with Gasteiger partial charge in [0.05, 0.1) is 5.56 Å². The van der Waals surface area contributed by atoms with Crippen LogP contribution >= 0.6 is 0 Å². The summed E-state index contributed by atoms with van der Waals surface area (Å²) in [5.74, 6) is -0.303. The average Bonchev–Trinajstić information content (AvgIpc) is 2.48. The molecule has 1 aliphatic heterocycles. The lowest BCUT2D eigenvalue weighted by atomic mass is 10.0. The van der Waals surface area contributed by atoms with E-state index in [1.165, 1.54) is 12.1 Å². The van der Waals surface area contributed by atoms with Crippen LogP contribution in [0.3, 0.4) is 0 Å². The van der Waals surface area contributed by atoms with Crippen molar-refractivity contribution in [2.45, 2.75) is 26.1 Å². The summed E-state index contributed by atoms with van der Waals surface area (Å²) in [7, 11) is 0. The summed E-state index contributed by atoms with van der Waals surface area (Å²) in [6.45, 7) is 4.94. The first-order valence-corrected chi connectivity index (χ1v) is 7.33. The predicted octanol–water partition coefficient (Wildman–Crippen LogP) is 2.46. The van der Waals surface area contributed by atoms with Crippen molar-refractivity contribution in [1.29, 1.82) is 0 Å². The van der Waals surface area contributed by atoms with E-state index in [0.29, 0.717) is 0 Å². The Bertz CT molecular complexity index is 525. The highest BCUT2D eigenvalue weighted by Crippen LogP contribution is 2.34. The van der Waals surface area contributed by atoms with Crippen LogP contribution in [0, 0.1) is 0 Å². The Morgan fingerprint density at radius 3 is 2.59 bits per heavy atom. The summed E-state index contributed by atoms with van der Waals surface area (Å²) in [5.41, 5.74) is -0.257. The van der Waals surface area contributed by atoms with Gasteiger partial charge in [-0.05, 0) is 17.7 Å². The fourth-order valence-corrected chi connectivity index (χ4v) is 2.42. The van der Waals surface area contributed by atoms with E-state index in [1.54, 1.807) is 6.92 Å². The van der Waals surface area contributed by atoms with Crippen LogP contribution in [-0.2, 0) is 17.5 Å². The number of benzene rings is 1. The molecule has 2 N–H and O–H groups in total. The van der Waals surface area contributed by atoms with Gasteiger partial charge >= 0.3 is 6.18 Å². The second-order valence-corrected chi connectivity index (χ2v) is 5.30. The molecule has 0 unspecified atom stereocenters. The largest absolute Gasteiger partial charge is 0.416 e. The molecule has 4 nitrogen and oxygen atoms in total. The van der Waals surface area contributed by atoms with Gasteiger partial charge in [0.1, 0.15) is 0 Å². The predicted molar refractivity (Wildman–Crippen MR) is 78.5 cm³/mol. The fraction of sp³-hybridized carbons (Fsp3) is 0.533. The Labute approximate surface area is 127 Å². The van der Waals surface area contributed by atoms with Gasteiger partial charge in [0.25, 0.3) is 0 Å². The summed E-state index contributed by atoms with van der Waals surface area (Å²) in [5, 5.41) is 5.64. The highest BCUT2D eigenvalue weighted by molar-refractivity contribution is 5.90. The molecule has 122 valence electrons. The number of rotatable bonds is 4.